The van der Waals surface area contributed by atoms with E-state index in [0.29, 0.717) is 5.82 Å². The third-order valence-electron chi connectivity index (χ3n) is 2.98. The number of tetrazole rings is 1. The van der Waals surface area contributed by atoms with Gasteiger partial charge in [0.05, 0.1) is 6.04 Å². The van der Waals surface area contributed by atoms with Crippen LogP contribution < -0.4 is 5.32 Å². The zero-order chi connectivity index (χ0) is 12.4. The number of rotatable bonds is 4. The fourth-order valence-electron chi connectivity index (χ4n) is 1.93. The molecule has 0 fully saturated rings. The molecule has 2 heterocycles. The Balaban J connectivity index is 1.69. The topological polar surface area (TPSA) is 82.3 Å². The van der Waals surface area contributed by atoms with Gasteiger partial charge in [-0.1, -0.05) is 11.3 Å². The van der Waals surface area contributed by atoms with Crippen molar-refractivity contribution in [1.82, 2.24) is 30.9 Å². The monoisotopic (exact) mass is 242 g/mol. The standard InChI is InChI=1S/C12H14N6/c1-8(12-15-17-18-16-12)14-7-9-2-3-11-10(6-9)4-5-13-11/h2-6,8,13-14H,7H2,1H3,(H,15,16,17,18). The van der Waals surface area contributed by atoms with Crippen LogP contribution in [0.4, 0.5) is 0 Å². The first-order chi connectivity index (χ1) is 8.83. The SMILES string of the molecule is CC(NCc1ccc2[nH]ccc2c1)c1nn[nH]n1. The van der Waals surface area contributed by atoms with E-state index >= 15 is 0 Å². The second kappa shape index (κ2) is 4.58. The zero-order valence-corrected chi connectivity index (χ0v) is 10.0. The Kier molecular flexibility index (Phi) is 2.77. The van der Waals surface area contributed by atoms with Gasteiger partial charge in [0.25, 0.3) is 0 Å². The van der Waals surface area contributed by atoms with Gasteiger partial charge in [-0.2, -0.15) is 5.21 Å². The third kappa shape index (κ3) is 2.10. The van der Waals surface area contributed by atoms with Crippen LogP contribution in [0.2, 0.25) is 0 Å². The van der Waals surface area contributed by atoms with Crippen molar-refractivity contribution in [2.45, 2.75) is 19.5 Å². The third-order valence-corrected chi connectivity index (χ3v) is 2.98. The fraction of sp³-hybridized carbons (Fsp3) is 0.250. The van der Waals surface area contributed by atoms with E-state index in [1.54, 1.807) is 0 Å². The number of nitrogens with one attached hydrogen (secondary N) is 3. The highest BCUT2D eigenvalue weighted by Gasteiger charge is 2.09. The lowest BCUT2D eigenvalue weighted by molar-refractivity contribution is 0.547. The van der Waals surface area contributed by atoms with E-state index in [1.165, 1.54) is 10.9 Å². The van der Waals surface area contributed by atoms with Crippen LogP contribution in [0.15, 0.2) is 30.5 Å². The highest BCUT2D eigenvalue weighted by Crippen LogP contribution is 2.15. The Labute approximate surface area is 104 Å². The van der Waals surface area contributed by atoms with Gasteiger partial charge in [-0.25, -0.2) is 0 Å². The molecule has 0 aliphatic carbocycles. The van der Waals surface area contributed by atoms with E-state index in [1.807, 2.05) is 13.1 Å². The van der Waals surface area contributed by atoms with Crippen molar-refractivity contribution in [3.63, 3.8) is 0 Å². The van der Waals surface area contributed by atoms with Gasteiger partial charge in [0.15, 0.2) is 5.82 Å². The predicted octanol–water partition coefficient (Wildman–Crippen LogP) is 1.53. The van der Waals surface area contributed by atoms with Gasteiger partial charge >= 0.3 is 0 Å². The summed E-state index contributed by atoms with van der Waals surface area (Å²) >= 11 is 0. The van der Waals surface area contributed by atoms with Gasteiger partial charge < -0.3 is 10.3 Å². The Morgan fingerprint density at radius 2 is 2.28 bits per heavy atom. The molecular formula is C12H14N6. The molecular weight excluding hydrogens is 228 g/mol. The number of fused-ring (bicyclic) bond motifs is 1. The molecule has 3 rings (SSSR count). The number of nitrogens with zero attached hydrogens (tertiary/aromatic N) is 3. The van der Waals surface area contributed by atoms with E-state index in [4.69, 9.17) is 0 Å². The maximum Gasteiger partial charge on any atom is 0.191 e. The van der Waals surface area contributed by atoms with Crippen LogP contribution in [0.5, 0.6) is 0 Å². The first-order valence-electron chi connectivity index (χ1n) is 5.85. The maximum atomic E-state index is 3.96. The summed E-state index contributed by atoms with van der Waals surface area (Å²) in [6.07, 6.45) is 1.95. The second-order valence-corrected chi connectivity index (χ2v) is 4.27. The van der Waals surface area contributed by atoms with Gasteiger partial charge in [-0.15, -0.1) is 10.2 Å². The van der Waals surface area contributed by atoms with Crippen molar-refractivity contribution in [3.8, 4) is 0 Å². The smallest absolute Gasteiger partial charge is 0.191 e. The zero-order valence-electron chi connectivity index (χ0n) is 10.0. The molecule has 0 bridgehead atoms. The summed E-state index contributed by atoms with van der Waals surface area (Å²) in [5, 5.41) is 18.5. The first kappa shape index (κ1) is 10.9. The summed E-state index contributed by atoms with van der Waals surface area (Å²) in [7, 11) is 0. The molecule has 6 nitrogen and oxygen atoms in total. The largest absolute Gasteiger partial charge is 0.361 e. The summed E-state index contributed by atoms with van der Waals surface area (Å²) in [6.45, 7) is 2.79. The Hall–Kier alpha value is -2.21. The number of aromatic amines is 2. The van der Waals surface area contributed by atoms with Crippen molar-refractivity contribution in [2.24, 2.45) is 0 Å². The Morgan fingerprint density at radius 3 is 3.11 bits per heavy atom. The molecule has 3 aromatic rings. The molecule has 1 atom stereocenters. The normalized spacial score (nSPS) is 12.9. The molecule has 2 aromatic heterocycles. The van der Waals surface area contributed by atoms with E-state index in [0.717, 1.165) is 12.1 Å². The summed E-state index contributed by atoms with van der Waals surface area (Å²) in [5.41, 5.74) is 2.39. The predicted molar refractivity (Wildman–Crippen MR) is 67.7 cm³/mol. The molecule has 0 radical (unpaired) electrons. The number of benzene rings is 1. The molecule has 0 saturated heterocycles. The average molecular weight is 242 g/mol. The first-order valence-corrected chi connectivity index (χ1v) is 5.85. The molecule has 3 N–H and O–H groups in total. The van der Waals surface area contributed by atoms with E-state index in [-0.39, 0.29) is 6.04 Å². The molecule has 6 heteroatoms. The fourth-order valence-corrected chi connectivity index (χ4v) is 1.93. The summed E-state index contributed by atoms with van der Waals surface area (Å²) in [5.74, 6) is 0.678. The van der Waals surface area contributed by atoms with Crippen LogP contribution in [0.25, 0.3) is 10.9 Å². The minimum Gasteiger partial charge on any atom is -0.361 e. The quantitative estimate of drug-likeness (QED) is 0.648. The molecule has 0 aliphatic heterocycles. The van der Waals surface area contributed by atoms with Gasteiger partial charge in [-0.3, -0.25) is 0 Å². The molecule has 1 unspecified atom stereocenters. The number of hydrogen-bond donors (Lipinski definition) is 3. The molecule has 1 aromatic carbocycles. The van der Waals surface area contributed by atoms with E-state index < -0.39 is 0 Å². The van der Waals surface area contributed by atoms with E-state index in [9.17, 15) is 0 Å². The molecule has 92 valence electrons. The summed E-state index contributed by atoms with van der Waals surface area (Å²) in [6, 6.07) is 8.51. The van der Waals surface area contributed by atoms with Crippen molar-refractivity contribution < 1.29 is 0 Å². The van der Waals surface area contributed by atoms with Crippen LogP contribution in [-0.4, -0.2) is 25.6 Å². The summed E-state index contributed by atoms with van der Waals surface area (Å²) < 4.78 is 0. The summed E-state index contributed by atoms with van der Waals surface area (Å²) in [4.78, 5) is 3.18. The minimum atomic E-state index is 0.0747. The Bertz CT molecular complexity index is 627. The molecule has 0 saturated carbocycles. The van der Waals surface area contributed by atoms with Crippen LogP contribution in [0.1, 0.15) is 24.4 Å². The van der Waals surface area contributed by atoms with Crippen LogP contribution >= 0.6 is 0 Å². The molecule has 18 heavy (non-hydrogen) atoms. The van der Waals surface area contributed by atoms with Crippen molar-refractivity contribution >= 4 is 10.9 Å². The molecule has 0 spiro atoms. The van der Waals surface area contributed by atoms with Crippen LogP contribution in [0, 0.1) is 0 Å². The molecule has 0 aliphatic rings. The van der Waals surface area contributed by atoms with Crippen LogP contribution in [0.3, 0.4) is 0 Å². The average Bonchev–Trinajstić information content (AvgIpc) is 3.05. The molecule has 0 amide bonds. The van der Waals surface area contributed by atoms with Gasteiger partial charge in [0, 0.05) is 18.3 Å². The number of H-pyrrole nitrogens is 2. The highest BCUT2D eigenvalue weighted by molar-refractivity contribution is 5.79. The number of aromatic nitrogens is 5. The van der Waals surface area contributed by atoms with E-state index in [2.05, 4.69) is 55.2 Å². The van der Waals surface area contributed by atoms with Gasteiger partial charge in [-0.05, 0) is 36.1 Å². The van der Waals surface area contributed by atoms with Crippen molar-refractivity contribution in [2.75, 3.05) is 0 Å². The second-order valence-electron chi connectivity index (χ2n) is 4.27. The van der Waals surface area contributed by atoms with Gasteiger partial charge in [0.1, 0.15) is 0 Å². The van der Waals surface area contributed by atoms with Crippen molar-refractivity contribution in [1.29, 1.82) is 0 Å². The van der Waals surface area contributed by atoms with Gasteiger partial charge in [0.2, 0.25) is 0 Å². The van der Waals surface area contributed by atoms with Crippen LogP contribution in [-0.2, 0) is 6.54 Å². The van der Waals surface area contributed by atoms with Crippen molar-refractivity contribution in [3.05, 3.63) is 41.9 Å². The minimum absolute atomic E-state index is 0.0747. The number of hydrogen-bond acceptors (Lipinski definition) is 4. The lowest BCUT2D eigenvalue weighted by Gasteiger charge is -2.09. The lowest BCUT2D eigenvalue weighted by Crippen LogP contribution is -2.19. The highest BCUT2D eigenvalue weighted by atomic mass is 15.5. The Morgan fingerprint density at radius 1 is 1.33 bits per heavy atom. The lowest BCUT2D eigenvalue weighted by atomic mass is 10.1. The maximum absolute atomic E-state index is 3.96.